The SMILES string of the molecule is C[C@@H]1O[C@H](n2cc(F)c(=O)[nH]c2=O)CC1O. The lowest BCUT2D eigenvalue weighted by molar-refractivity contribution is -0.0105. The van der Waals surface area contributed by atoms with Crippen molar-refractivity contribution in [1.29, 1.82) is 0 Å². The topological polar surface area (TPSA) is 84.3 Å². The third kappa shape index (κ3) is 1.79. The van der Waals surface area contributed by atoms with Gasteiger partial charge in [0, 0.05) is 6.42 Å². The second-order valence-corrected chi connectivity index (χ2v) is 3.74. The number of aliphatic hydroxyl groups is 1. The molecule has 16 heavy (non-hydrogen) atoms. The van der Waals surface area contributed by atoms with E-state index in [9.17, 15) is 19.1 Å². The minimum absolute atomic E-state index is 0.187. The standard InChI is InChI=1S/C9H11FN2O4/c1-4-6(13)2-7(16-4)12-3-5(10)8(14)11-9(12)15/h3-4,6-7,13H,2H2,1H3,(H,11,14,15)/t4-,6?,7-/m0/s1. The molecule has 2 heterocycles. The quantitative estimate of drug-likeness (QED) is 0.671. The van der Waals surface area contributed by atoms with Gasteiger partial charge >= 0.3 is 5.69 Å². The zero-order chi connectivity index (χ0) is 11.9. The molecule has 0 bridgehead atoms. The maximum Gasteiger partial charge on any atom is 0.330 e. The smallest absolute Gasteiger partial charge is 0.330 e. The Hall–Kier alpha value is -1.47. The molecule has 7 heteroatoms. The van der Waals surface area contributed by atoms with Crippen LogP contribution in [0.25, 0.3) is 0 Å². The Labute approximate surface area is 89.3 Å². The maximum atomic E-state index is 13.0. The predicted octanol–water partition coefficient (Wildman–Crippen LogP) is -0.656. The minimum Gasteiger partial charge on any atom is -0.390 e. The van der Waals surface area contributed by atoms with Crippen LogP contribution in [0.2, 0.25) is 0 Å². The Bertz CT molecular complexity index is 499. The van der Waals surface area contributed by atoms with Gasteiger partial charge in [-0.1, -0.05) is 0 Å². The summed E-state index contributed by atoms with van der Waals surface area (Å²) in [6.45, 7) is 1.65. The number of H-pyrrole nitrogens is 1. The number of nitrogens with one attached hydrogen (secondary N) is 1. The van der Waals surface area contributed by atoms with Gasteiger partial charge in [0.15, 0.2) is 0 Å². The number of aromatic amines is 1. The molecule has 1 fully saturated rings. The highest BCUT2D eigenvalue weighted by Crippen LogP contribution is 2.26. The molecule has 1 aromatic rings. The number of rotatable bonds is 1. The van der Waals surface area contributed by atoms with Crippen molar-refractivity contribution in [2.45, 2.75) is 31.8 Å². The number of hydrogen-bond acceptors (Lipinski definition) is 4. The molecule has 6 nitrogen and oxygen atoms in total. The zero-order valence-corrected chi connectivity index (χ0v) is 8.51. The summed E-state index contributed by atoms with van der Waals surface area (Å²) >= 11 is 0. The summed E-state index contributed by atoms with van der Waals surface area (Å²) in [4.78, 5) is 24.0. The first-order chi connectivity index (χ1) is 7.49. The summed E-state index contributed by atoms with van der Waals surface area (Å²) in [6, 6.07) is 0. The number of aliphatic hydroxyl groups excluding tert-OH is 1. The third-order valence-corrected chi connectivity index (χ3v) is 2.59. The van der Waals surface area contributed by atoms with Crippen molar-refractivity contribution >= 4 is 0 Å². The van der Waals surface area contributed by atoms with Crippen molar-refractivity contribution in [3.8, 4) is 0 Å². The molecule has 1 unspecified atom stereocenters. The molecule has 0 saturated carbocycles. The molecule has 88 valence electrons. The average molecular weight is 230 g/mol. The van der Waals surface area contributed by atoms with Crippen LogP contribution < -0.4 is 11.2 Å². The van der Waals surface area contributed by atoms with Crippen molar-refractivity contribution in [2.75, 3.05) is 0 Å². The molecule has 0 radical (unpaired) electrons. The highest BCUT2D eigenvalue weighted by atomic mass is 19.1. The lowest BCUT2D eigenvalue weighted by atomic mass is 10.2. The fraction of sp³-hybridized carbons (Fsp3) is 0.556. The van der Waals surface area contributed by atoms with Gasteiger partial charge in [-0.3, -0.25) is 14.3 Å². The molecule has 2 N–H and O–H groups in total. The normalized spacial score (nSPS) is 29.6. The van der Waals surface area contributed by atoms with Gasteiger partial charge in [0.1, 0.15) is 6.23 Å². The third-order valence-electron chi connectivity index (χ3n) is 2.59. The van der Waals surface area contributed by atoms with Crippen molar-refractivity contribution < 1.29 is 14.2 Å². The molecule has 1 aromatic heterocycles. The molecule has 1 aliphatic heterocycles. The molecule has 0 amide bonds. The van der Waals surface area contributed by atoms with Gasteiger partial charge in [-0.25, -0.2) is 4.79 Å². The fourth-order valence-electron chi connectivity index (χ4n) is 1.65. The monoisotopic (exact) mass is 230 g/mol. The molecule has 0 spiro atoms. The van der Waals surface area contributed by atoms with Crippen LogP contribution in [-0.4, -0.2) is 26.9 Å². The lowest BCUT2D eigenvalue weighted by Gasteiger charge is -2.12. The summed E-state index contributed by atoms with van der Waals surface area (Å²) in [5.74, 6) is -1.06. The van der Waals surface area contributed by atoms with Crippen molar-refractivity contribution in [3.05, 3.63) is 32.9 Å². The van der Waals surface area contributed by atoms with E-state index in [0.717, 1.165) is 10.8 Å². The van der Waals surface area contributed by atoms with E-state index in [2.05, 4.69) is 0 Å². The van der Waals surface area contributed by atoms with Crippen LogP contribution in [0, 0.1) is 5.82 Å². The van der Waals surface area contributed by atoms with E-state index >= 15 is 0 Å². The largest absolute Gasteiger partial charge is 0.390 e. The molecule has 0 aliphatic carbocycles. The Morgan fingerprint density at radius 1 is 1.62 bits per heavy atom. The van der Waals surface area contributed by atoms with Crippen LogP contribution >= 0.6 is 0 Å². The van der Waals surface area contributed by atoms with Crippen LogP contribution in [0.5, 0.6) is 0 Å². The Morgan fingerprint density at radius 3 is 2.88 bits per heavy atom. The van der Waals surface area contributed by atoms with Gasteiger partial charge in [-0.2, -0.15) is 4.39 Å². The van der Waals surface area contributed by atoms with E-state index in [1.165, 1.54) is 0 Å². The van der Waals surface area contributed by atoms with Gasteiger partial charge in [0.2, 0.25) is 5.82 Å². The summed E-state index contributed by atoms with van der Waals surface area (Å²) in [7, 11) is 0. The summed E-state index contributed by atoms with van der Waals surface area (Å²) in [6.07, 6.45) is -0.897. The lowest BCUT2D eigenvalue weighted by Crippen LogP contribution is -2.33. The molecule has 3 atom stereocenters. The Kier molecular flexibility index (Phi) is 2.64. The summed E-state index contributed by atoms with van der Waals surface area (Å²) in [5.41, 5.74) is -1.81. The number of hydrogen-bond donors (Lipinski definition) is 2. The van der Waals surface area contributed by atoms with E-state index in [0.29, 0.717) is 0 Å². The first-order valence-electron chi connectivity index (χ1n) is 4.83. The molecule has 1 aliphatic rings. The number of ether oxygens (including phenoxy) is 1. The highest BCUT2D eigenvalue weighted by molar-refractivity contribution is 4.90. The maximum absolute atomic E-state index is 13.0. The molecular formula is C9H11FN2O4. The van der Waals surface area contributed by atoms with Gasteiger partial charge in [-0.05, 0) is 6.92 Å². The molecule has 2 rings (SSSR count). The van der Waals surface area contributed by atoms with Gasteiger partial charge in [-0.15, -0.1) is 0 Å². The van der Waals surface area contributed by atoms with Crippen molar-refractivity contribution in [1.82, 2.24) is 9.55 Å². The van der Waals surface area contributed by atoms with Crippen LogP contribution in [0.4, 0.5) is 4.39 Å². The van der Waals surface area contributed by atoms with Crippen LogP contribution in [-0.2, 0) is 4.74 Å². The van der Waals surface area contributed by atoms with E-state index in [1.54, 1.807) is 6.92 Å². The molecular weight excluding hydrogens is 219 g/mol. The Morgan fingerprint density at radius 2 is 2.31 bits per heavy atom. The average Bonchev–Trinajstić information content (AvgIpc) is 2.53. The predicted molar refractivity (Wildman–Crippen MR) is 51.5 cm³/mol. The van der Waals surface area contributed by atoms with E-state index in [1.807, 2.05) is 4.98 Å². The van der Waals surface area contributed by atoms with Gasteiger partial charge < -0.3 is 9.84 Å². The number of aromatic nitrogens is 2. The highest BCUT2D eigenvalue weighted by Gasteiger charge is 2.32. The zero-order valence-electron chi connectivity index (χ0n) is 8.51. The summed E-state index contributed by atoms with van der Waals surface area (Å²) in [5, 5.41) is 9.44. The second kappa shape index (κ2) is 3.84. The van der Waals surface area contributed by atoms with Gasteiger partial charge in [0.05, 0.1) is 18.4 Å². The van der Waals surface area contributed by atoms with Crippen molar-refractivity contribution in [3.63, 3.8) is 0 Å². The Balaban J connectivity index is 2.39. The van der Waals surface area contributed by atoms with Crippen LogP contribution in [0.3, 0.4) is 0 Å². The van der Waals surface area contributed by atoms with E-state index < -0.39 is 35.5 Å². The fourth-order valence-corrected chi connectivity index (χ4v) is 1.65. The number of nitrogens with zero attached hydrogens (tertiary/aromatic N) is 1. The number of halogens is 1. The first kappa shape index (κ1) is 11.0. The van der Waals surface area contributed by atoms with Crippen molar-refractivity contribution in [2.24, 2.45) is 0 Å². The molecule has 0 aromatic carbocycles. The van der Waals surface area contributed by atoms with Crippen LogP contribution in [0.15, 0.2) is 15.8 Å². The van der Waals surface area contributed by atoms with E-state index in [-0.39, 0.29) is 6.42 Å². The second-order valence-electron chi connectivity index (χ2n) is 3.74. The van der Waals surface area contributed by atoms with Crippen LogP contribution in [0.1, 0.15) is 19.6 Å². The van der Waals surface area contributed by atoms with Gasteiger partial charge in [0.25, 0.3) is 5.56 Å². The molecule has 1 saturated heterocycles. The minimum atomic E-state index is -1.06. The van der Waals surface area contributed by atoms with E-state index in [4.69, 9.17) is 4.74 Å². The first-order valence-corrected chi connectivity index (χ1v) is 4.83. The summed E-state index contributed by atoms with van der Waals surface area (Å²) < 4.78 is 19.2.